The number of anilines is 1. The summed E-state index contributed by atoms with van der Waals surface area (Å²) in [5.41, 5.74) is 2.69. The van der Waals surface area contributed by atoms with E-state index in [1.807, 2.05) is 61.5 Å². The van der Waals surface area contributed by atoms with Crippen LogP contribution in [0.4, 0.5) is 5.69 Å². The van der Waals surface area contributed by atoms with Gasteiger partial charge in [-0.3, -0.25) is 13.9 Å². The van der Waals surface area contributed by atoms with Crippen LogP contribution in [0.25, 0.3) is 0 Å². The van der Waals surface area contributed by atoms with Gasteiger partial charge < -0.3 is 10.2 Å². The van der Waals surface area contributed by atoms with Gasteiger partial charge in [0.15, 0.2) is 0 Å². The van der Waals surface area contributed by atoms with E-state index in [2.05, 4.69) is 5.32 Å². The summed E-state index contributed by atoms with van der Waals surface area (Å²) in [5.74, 6) is -0.827. The summed E-state index contributed by atoms with van der Waals surface area (Å²) in [6.45, 7) is 1.45. The van der Waals surface area contributed by atoms with E-state index < -0.39 is 28.5 Å². The van der Waals surface area contributed by atoms with E-state index in [4.69, 9.17) is 34.8 Å². The van der Waals surface area contributed by atoms with Crippen LogP contribution in [-0.4, -0.2) is 50.0 Å². The summed E-state index contributed by atoms with van der Waals surface area (Å²) in [7, 11) is -4.01. The first-order valence-corrected chi connectivity index (χ1v) is 17.2. The second-order valence-corrected chi connectivity index (χ2v) is 14.1. The molecule has 1 fully saturated rings. The number of nitrogens with one attached hydrogen (secondary N) is 1. The fourth-order valence-corrected chi connectivity index (χ4v) is 6.91. The highest BCUT2D eigenvalue weighted by molar-refractivity contribution is 7.92. The zero-order valence-corrected chi connectivity index (χ0v) is 27.3. The summed E-state index contributed by atoms with van der Waals surface area (Å²) < 4.78 is 27.0. The number of nitrogens with zero attached hydrogens (tertiary/aromatic N) is 2. The standard InChI is InChI=1S/C32H36Cl3N3O4S/c1-22-11-9-10-14-24(22)20-37(31(39)21-38(43(2,41)42)29-19-27(34)26(33)18-28(29)35)30(17-23-12-5-3-6-13-23)32(40)36-25-15-7-4-8-16-25/h3,5-6,9-14,18-19,25,30H,4,7-8,15-17,20-21H2,1-2H3,(H,36,40)/t30-/m1/s1. The summed E-state index contributed by atoms with van der Waals surface area (Å²) in [5, 5.41) is 3.46. The minimum Gasteiger partial charge on any atom is -0.352 e. The van der Waals surface area contributed by atoms with Gasteiger partial charge in [0.2, 0.25) is 21.8 Å². The van der Waals surface area contributed by atoms with E-state index in [1.54, 1.807) is 0 Å². The summed E-state index contributed by atoms with van der Waals surface area (Å²) in [4.78, 5) is 29.8. The molecule has 1 atom stereocenters. The van der Waals surface area contributed by atoms with E-state index in [-0.39, 0.29) is 45.7 Å². The third-order valence-electron chi connectivity index (χ3n) is 7.76. The lowest BCUT2D eigenvalue weighted by atomic mass is 9.94. The lowest BCUT2D eigenvalue weighted by Gasteiger charge is -2.35. The van der Waals surface area contributed by atoms with Crippen molar-refractivity contribution in [1.29, 1.82) is 0 Å². The lowest BCUT2D eigenvalue weighted by molar-refractivity contribution is -0.140. The third-order valence-corrected chi connectivity index (χ3v) is 9.91. The van der Waals surface area contributed by atoms with Crippen molar-refractivity contribution in [2.24, 2.45) is 0 Å². The van der Waals surface area contributed by atoms with Crippen molar-refractivity contribution in [2.45, 2.75) is 64.1 Å². The lowest BCUT2D eigenvalue weighted by Crippen LogP contribution is -2.55. The molecule has 0 aliphatic heterocycles. The highest BCUT2D eigenvalue weighted by Crippen LogP contribution is 2.36. The van der Waals surface area contributed by atoms with Gasteiger partial charge in [-0.15, -0.1) is 0 Å². The average Bonchev–Trinajstić information content (AvgIpc) is 2.97. The van der Waals surface area contributed by atoms with Crippen molar-refractivity contribution < 1.29 is 18.0 Å². The predicted octanol–water partition coefficient (Wildman–Crippen LogP) is 6.81. The van der Waals surface area contributed by atoms with Crippen LogP contribution >= 0.6 is 34.8 Å². The van der Waals surface area contributed by atoms with Crippen molar-refractivity contribution in [2.75, 3.05) is 17.1 Å². The molecule has 1 aliphatic carbocycles. The topological polar surface area (TPSA) is 86.8 Å². The average molecular weight is 665 g/mol. The Morgan fingerprint density at radius 1 is 0.907 bits per heavy atom. The van der Waals surface area contributed by atoms with Crippen LogP contribution in [0.3, 0.4) is 0 Å². The fraction of sp³-hybridized carbons (Fsp3) is 0.375. The van der Waals surface area contributed by atoms with Crippen molar-refractivity contribution in [3.05, 3.63) is 98.5 Å². The first kappa shape index (κ1) is 33.1. The molecule has 0 heterocycles. The molecule has 0 radical (unpaired) electrons. The predicted molar refractivity (Wildman–Crippen MR) is 174 cm³/mol. The Hall–Kier alpha value is -2.78. The Bertz CT molecular complexity index is 1550. The summed E-state index contributed by atoms with van der Waals surface area (Å²) >= 11 is 18.7. The number of rotatable bonds is 11. The van der Waals surface area contributed by atoms with Crippen LogP contribution in [0.15, 0.2) is 66.7 Å². The molecule has 230 valence electrons. The van der Waals surface area contributed by atoms with Gasteiger partial charge in [-0.05, 0) is 48.6 Å². The van der Waals surface area contributed by atoms with E-state index in [1.165, 1.54) is 17.0 Å². The van der Waals surface area contributed by atoms with Gasteiger partial charge in [0, 0.05) is 19.0 Å². The van der Waals surface area contributed by atoms with Gasteiger partial charge >= 0.3 is 0 Å². The number of carbonyl (C=O) groups is 2. The number of carbonyl (C=O) groups excluding carboxylic acids is 2. The molecule has 3 aromatic carbocycles. The molecule has 0 bridgehead atoms. The normalized spacial score (nSPS) is 14.6. The molecule has 7 nitrogen and oxygen atoms in total. The maximum absolute atomic E-state index is 14.3. The number of amides is 2. The first-order valence-electron chi connectivity index (χ1n) is 14.2. The van der Waals surface area contributed by atoms with Crippen LogP contribution in [-0.2, 0) is 32.6 Å². The first-order chi connectivity index (χ1) is 20.4. The Morgan fingerprint density at radius 2 is 1.53 bits per heavy atom. The monoisotopic (exact) mass is 663 g/mol. The molecule has 1 aliphatic rings. The summed E-state index contributed by atoms with van der Waals surface area (Å²) in [6, 6.07) is 18.9. The minimum absolute atomic E-state index is 0.0222. The van der Waals surface area contributed by atoms with E-state index in [0.717, 1.165) is 59.4 Å². The van der Waals surface area contributed by atoms with Gasteiger partial charge in [-0.1, -0.05) is 109 Å². The van der Waals surface area contributed by atoms with Crippen molar-refractivity contribution in [3.63, 3.8) is 0 Å². The number of halogens is 3. The molecule has 0 spiro atoms. The van der Waals surface area contributed by atoms with Gasteiger partial charge in [-0.25, -0.2) is 8.42 Å². The Balaban J connectivity index is 1.76. The largest absolute Gasteiger partial charge is 0.352 e. The van der Waals surface area contributed by atoms with Gasteiger partial charge in [-0.2, -0.15) is 0 Å². The van der Waals surface area contributed by atoms with Crippen LogP contribution in [0.2, 0.25) is 15.1 Å². The van der Waals surface area contributed by atoms with Gasteiger partial charge in [0.05, 0.1) is 27.0 Å². The summed E-state index contributed by atoms with van der Waals surface area (Å²) in [6.07, 6.45) is 6.21. The molecule has 1 saturated carbocycles. The third kappa shape index (κ3) is 8.88. The number of sulfonamides is 1. The van der Waals surface area contributed by atoms with Crippen LogP contribution in [0, 0.1) is 6.92 Å². The molecule has 11 heteroatoms. The second kappa shape index (κ2) is 14.8. The molecule has 0 aromatic heterocycles. The quantitative estimate of drug-likeness (QED) is 0.228. The Kier molecular flexibility index (Phi) is 11.4. The minimum atomic E-state index is -4.01. The van der Waals surface area contributed by atoms with Gasteiger partial charge in [0.1, 0.15) is 12.6 Å². The van der Waals surface area contributed by atoms with Crippen LogP contribution in [0.1, 0.15) is 48.8 Å². The molecular formula is C32H36Cl3N3O4S. The fourth-order valence-electron chi connectivity index (χ4n) is 5.37. The maximum atomic E-state index is 14.3. The SMILES string of the molecule is Cc1ccccc1CN(C(=O)CN(c1cc(Cl)c(Cl)cc1Cl)S(C)(=O)=O)[C@H](Cc1ccccc1)C(=O)NC1CCCCC1. The smallest absolute Gasteiger partial charge is 0.244 e. The molecule has 2 amide bonds. The number of hydrogen-bond donors (Lipinski definition) is 1. The highest BCUT2D eigenvalue weighted by Gasteiger charge is 2.34. The number of hydrogen-bond acceptors (Lipinski definition) is 4. The number of aryl methyl sites for hydroxylation is 1. The Morgan fingerprint density at radius 3 is 2.19 bits per heavy atom. The maximum Gasteiger partial charge on any atom is 0.244 e. The second-order valence-electron chi connectivity index (χ2n) is 11.0. The van der Waals surface area contributed by atoms with Crippen molar-refractivity contribution in [3.8, 4) is 0 Å². The molecule has 0 unspecified atom stereocenters. The van der Waals surface area contributed by atoms with E-state index in [0.29, 0.717) is 0 Å². The zero-order valence-electron chi connectivity index (χ0n) is 24.2. The zero-order chi connectivity index (χ0) is 31.1. The highest BCUT2D eigenvalue weighted by atomic mass is 35.5. The van der Waals surface area contributed by atoms with E-state index in [9.17, 15) is 18.0 Å². The van der Waals surface area contributed by atoms with E-state index >= 15 is 0 Å². The van der Waals surface area contributed by atoms with Crippen molar-refractivity contribution in [1.82, 2.24) is 10.2 Å². The Labute approximate surface area is 269 Å². The molecular weight excluding hydrogens is 629 g/mol. The molecule has 0 saturated heterocycles. The van der Waals surface area contributed by atoms with Crippen LogP contribution in [0.5, 0.6) is 0 Å². The number of benzene rings is 3. The molecule has 43 heavy (non-hydrogen) atoms. The van der Waals surface area contributed by atoms with Crippen molar-refractivity contribution >= 4 is 62.3 Å². The molecule has 3 aromatic rings. The molecule has 4 rings (SSSR count). The van der Waals surface area contributed by atoms with Crippen LogP contribution < -0.4 is 9.62 Å². The molecule has 1 N–H and O–H groups in total. The van der Waals surface area contributed by atoms with Gasteiger partial charge in [0.25, 0.3) is 0 Å².